The maximum absolute atomic E-state index is 12.7. The number of aryl methyl sites for hydroxylation is 1. The molecule has 1 heterocycles. The molecular weight excluding hydrogens is 745 g/mol. The fourth-order valence-corrected chi connectivity index (χ4v) is 6.86. The molecule has 0 bridgehead atoms. The molecule has 0 aliphatic heterocycles. The van der Waals surface area contributed by atoms with Gasteiger partial charge in [-0.2, -0.15) is 0 Å². The van der Waals surface area contributed by atoms with E-state index in [1.54, 1.807) is 48.1 Å². The molecule has 0 spiro atoms. The highest BCUT2D eigenvalue weighted by molar-refractivity contribution is 9.10. The number of halogens is 3. The zero-order valence-corrected chi connectivity index (χ0v) is 31.9. The molecular formula is C38H44BrCl2N3O6. The fourth-order valence-electron chi connectivity index (χ4n) is 6.08. The molecule has 9 nitrogen and oxygen atoms in total. The Morgan fingerprint density at radius 2 is 1.72 bits per heavy atom. The molecule has 1 atom stereocenters. The minimum Gasteiger partial charge on any atom is -0.497 e. The average Bonchev–Trinajstić information content (AvgIpc) is 3.45. The van der Waals surface area contributed by atoms with Crippen molar-refractivity contribution < 1.29 is 28.6 Å². The Morgan fingerprint density at radius 3 is 2.34 bits per heavy atom. The van der Waals surface area contributed by atoms with Crippen LogP contribution in [0.2, 0.25) is 5.02 Å². The molecule has 4 aromatic rings. The van der Waals surface area contributed by atoms with E-state index in [-0.39, 0.29) is 18.4 Å². The van der Waals surface area contributed by atoms with E-state index < -0.39 is 18.0 Å². The van der Waals surface area contributed by atoms with Crippen LogP contribution in [0, 0.1) is 6.92 Å². The number of aromatic nitrogens is 1. The number of hydrogen-bond donors (Lipinski definition) is 1. The van der Waals surface area contributed by atoms with E-state index in [1.807, 2.05) is 31.2 Å². The first-order chi connectivity index (χ1) is 23.9. The monoisotopic (exact) mass is 787 g/mol. The zero-order valence-electron chi connectivity index (χ0n) is 28.8. The molecule has 1 aliphatic carbocycles. The maximum atomic E-state index is 12.7. The lowest BCUT2D eigenvalue weighted by Gasteiger charge is -2.34. The fraction of sp³-hybridized carbons (Fsp3) is 0.395. The highest BCUT2D eigenvalue weighted by Crippen LogP contribution is 2.30. The van der Waals surface area contributed by atoms with Crippen LogP contribution in [-0.2, 0) is 20.8 Å². The average molecular weight is 790 g/mol. The summed E-state index contributed by atoms with van der Waals surface area (Å²) in [6.45, 7) is 6.89. The van der Waals surface area contributed by atoms with Crippen molar-refractivity contribution in [2.24, 2.45) is 0 Å². The summed E-state index contributed by atoms with van der Waals surface area (Å²) in [5.74, 6) is -0.225. The van der Waals surface area contributed by atoms with E-state index >= 15 is 0 Å². The first-order valence-electron chi connectivity index (χ1n) is 16.6. The van der Waals surface area contributed by atoms with Crippen molar-refractivity contribution in [1.29, 1.82) is 0 Å². The van der Waals surface area contributed by atoms with E-state index in [0.29, 0.717) is 38.9 Å². The molecule has 1 aliphatic rings. The number of carbonyl (C=O) groups excluding carboxylic acids is 3. The van der Waals surface area contributed by atoms with Gasteiger partial charge in [0.2, 0.25) is 0 Å². The number of nitrogens with zero attached hydrogens (tertiary/aromatic N) is 2. The molecule has 12 heteroatoms. The molecule has 0 amide bonds. The van der Waals surface area contributed by atoms with Crippen LogP contribution in [-0.4, -0.2) is 65.6 Å². The summed E-state index contributed by atoms with van der Waals surface area (Å²) in [6, 6.07) is 18.5. The van der Waals surface area contributed by atoms with Gasteiger partial charge in [0.15, 0.2) is 0 Å². The number of methoxy groups -OCH3 is 1. The number of esters is 2. The minimum atomic E-state index is -0.706. The predicted octanol–water partition coefficient (Wildman–Crippen LogP) is 8.81. The number of nitrogen functional groups attached to an aromatic ring is 1. The van der Waals surface area contributed by atoms with Crippen LogP contribution in [0.3, 0.4) is 0 Å². The Labute approximate surface area is 312 Å². The van der Waals surface area contributed by atoms with Gasteiger partial charge in [0.1, 0.15) is 18.5 Å². The third-order valence-corrected chi connectivity index (χ3v) is 9.98. The second-order valence-corrected chi connectivity index (χ2v) is 13.8. The standard InChI is InChI=1S/C21H30BrClN2O4.C17H14ClNO2/c1-3-25(17-7-5-4-6-8-17)12-16-9-15(10-19(22)20(16)24)21(27)29-18(11-23)13-28-14(2)26;1-11-9-13-10-15(21-2)7-8-16(13)19(11)17(20)12-3-5-14(18)6-4-12/h9-10,17-18H,3-8,11-13,24H2,1-2H3;3-10H,1-2H3. The third kappa shape index (κ3) is 10.2. The molecule has 1 fully saturated rings. The zero-order chi connectivity index (χ0) is 36.4. The van der Waals surface area contributed by atoms with Crippen LogP contribution in [0.4, 0.5) is 5.69 Å². The molecule has 0 saturated heterocycles. The largest absolute Gasteiger partial charge is 0.497 e. The number of benzene rings is 3. The van der Waals surface area contributed by atoms with E-state index in [0.717, 1.165) is 34.5 Å². The number of nitrogens with two attached hydrogens (primary N) is 1. The normalized spacial score (nSPS) is 13.8. The van der Waals surface area contributed by atoms with Crippen LogP contribution in [0.15, 0.2) is 65.1 Å². The Balaban J connectivity index is 0.000000235. The summed E-state index contributed by atoms with van der Waals surface area (Å²) in [7, 11) is 1.63. The summed E-state index contributed by atoms with van der Waals surface area (Å²) < 4.78 is 17.9. The minimum absolute atomic E-state index is 0.0350. The molecule has 0 radical (unpaired) electrons. The molecule has 50 heavy (non-hydrogen) atoms. The van der Waals surface area contributed by atoms with Gasteiger partial charge in [0.25, 0.3) is 5.91 Å². The van der Waals surface area contributed by atoms with Crippen LogP contribution in [0.5, 0.6) is 5.75 Å². The van der Waals surface area contributed by atoms with Crippen molar-refractivity contribution in [3.63, 3.8) is 0 Å². The smallest absolute Gasteiger partial charge is 0.338 e. The maximum Gasteiger partial charge on any atom is 0.338 e. The van der Waals surface area contributed by atoms with Crippen LogP contribution >= 0.6 is 39.1 Å². The van der Waals surface area contributed by atoms with Gasteiger partial charge >= 0.3 is 11.9 Å². The summed E-state index contributed by atoms with van der Waals surface area (Å²) in [4.78, 5) is 38.7. The van der Waals surface area contributed by atoms with Crippen molar-refractivity contribution in [2.45, 2.75) is 71.6 Å². The number of anilines is 1. The number of carbonyl (C=O) groups is 3. The topological polar surface area (TPSA) is 113 Å². The Hall–Kier alpha value is -3.57. The second-order valence-electron chi connectivity index (χ2n) is 12.2. The van der Waals surface area contributed by atoms with Gasteiger partial charge in [-0.25, -0.2) is 4.79 Å². The Bertz CT molecular complexity index is 1790. The van der Waals surface area contributed by atoms with Crippen LogP contribution < -0.4 is 10.5 Å². The SMILES string of the molecule is CCN(Cc1cc(C(=O)OC(CCl)COC(C)=O)cc(Br)c1N)C1CCCCC1.COc1ccc2c(c1)cc(C)n2C(=O)c1ccc(Cl)cc1. The van der Waals surface area contributed by atoms with Gasteiger partial charge in [-0.15, -0.1) is 11.6 Å². The number of fused-ring (bicyclic) bond motifs is 1. The van der Waals surface area contributed by atoms with Crippen molar-refractivity contribution >= 4 is 73.6 Å². The molecule has 268 valence electrons. The lowest BCUT2D eigenvalue weighted by molar-refractivity contribution is -0.143. The Morgan fingerprint density at radius 1 is 1.02 bits per heavy atom. The van der Waals surface area contributed by atoms with Gasteiger partial charge in [0.05, 0.1) is 29.8 Å². The highest BCUT2D eigenvalue weighted by atomic mass is 79.9. The first-order valence-corrected chi connectivity index (χ1v) is 18.3. The van der Waals surface area contributed by atoms with E-state index in [1.165, 1.54) is 39.0 Å². The van der Waals surface area contributed by atoms with E-state index in [2.05, 4.69) is 27.8 Å². The van der Waals surface area contributed by atoms with Crippen LogP contribution in [0.25, 0.3) is 10.9 Å². The summed E-state index contributed by atoms with van der Waals surface area (Å²) in [5.41, 5.74) is 10.6. The lowest BCUT2D eigenvalue weighted by Crippen LogP contribution is -2.36. The number of alkyl halides is 1. The summed E-state index contributed by atoms with van der Waals surface area (Å²) in [5, 5.41) is 1.60. The lowest BCUT2D eigenvalue weighted by atomic mass is 9.93. The first kappa shape index (κ1) is 39.2. The van der Waals surface area contributed by atoms with E-state index in [9.17, 15) is 14.4 Å². The molecule has 1 aromatic heterocycles. The highest BCUT2D eigenvalue weighted by Gasteiger charge is 2.23. The van der Waals surface area contributed by atoms with Crippen molar-refractivity contribution in [3.8, 4) is 5.75 Å². The van der Waals surface area contributed by atoms with Crippen molar-refractivity contribution in [1.82, 2.24) is 9.47 Å². The van der Waals surface area contributed by atoms with Crippen molar-refractivity contribution in [2.75, 3.05) is 31.9 Å². The number of hydrogen-bond acceptors (Lipinski definition) is 8. The van der Waals surface area contributed by atoms with Gasteiger partial charge in [-0.3, -0.25) is 19.1 Å². The molecule has 5 rings (SSSR count). The summed E-state index contributed by atoms with van der Waals surface area (Å²) in [6.07, 6.45) is 5.51. The molecule has 1 saturated carbocycles. The second kappa shape index (κ2) is 18.6. The molecule has 2 N–H and O–H groups in total. The van der Waals surface area contributed by atoms with E-state index in [4.69, 9.17) is 43.1 Å². The van der Waals surface area contributed by atoms with Crippen molar-refractivity contribution in [3.05, 3.63) is 92.5 Å². The third-order valence-electron chi connectivity index (χ3n) is 8.73. The molecule has 1 unspecified atom stereocenters. The van der Waals surface area contributed by atoms with Gasteiger partial charge in [-0.05, 0) is 108 Å². The number of rotatable bonds is 11. The van der Waals surface area contributed by atoms with Crippen LogP contribution in [0.1, 0.15) is 77.9 Å². The Kier molecular flexibility index (Phi) is 14.6. The number of ether oxygens (including phenoxy) is 3. The van der Waals surface area contributed by atoms with Gasteiger partial charge < -0.3 is 19.9 Å². The quantitative estimate of drug-likeness (QED) is 0.0912. The van der Waals surface area contributed by atoms with Gasteiger partial charge in [-0.1, -0.05) is 37.8 Å². The predicted molar refractivity (Wildman–Crippen MR) is 202 cm³/mol. The van der Waals surface area contributed by atoms with Gasteiger partial charge in [0, 0.05) is 45.6 Å². The summed E-state index contributed by atoms with van der Waals surface area (Å²) >= 11 is 15.2. The molecule has 3 aromatic carbocycles.